The molecule has 1 saturated heterocycles. The van der Waals surface area contributed by atoms with Gasteiger partial charge in [0.1, 0.15) is 23.9 Å². The van der Waals surface area contributed by atoms with Gasteiger partial charge < -0.3 is 25.0 Å². The number of halogens is 1. The quantitative estimate of drug-likeness (QED) is 0.230. The zero-order valence-electron chi connectivity index (χ0n) is 18.5. The summed E-state index contributed by atoms with van der Waals surface area (Å²) in [6, 6.07) is 11.8. The van der Waals surface area contributed by atoms with Crippen molar-refractivity contribution in [3.8, 4) is 11.5 Å². The van der Waals surface area contributed by atoms with Gasteiger partial charge in [-0.05, 0) is 54.8 Å². The first-order valence-corrected chi connectivity index (χ1v) is 10.7. The van der Waals surface area contributed by atoms with Gasteiger partial charge in [0.15, 0.2) is 5.96 Å². The Morgan fingerprint density at radius 3 is 2.42 bits per heavy atom. The highest BCUT2D eigenvalue weighted by molar-refractivity contribution is 14.0. The summed E-state index contributed by atoms with van der Waals surface area (Å²) in [4.78, 5) is 11.3. The molecule has 2 aromatic rings. The van der Waals surface area contributed by atoms with Crippen LogP contribution in [0.1, 0.15) is 31.2 Å². The Kier molecular flexibility index (Phi) is 11.3. The molecule has 0 radical (unpaired) electrons. The zero-order chi connectivity index (χ0) is 21.0. The number of rotatable bonds is 8. The molecule has 0 atom stereocenters. The third-order valence-corrected chi connectivity index (χ3v) is 5.15. The Hall–Kier alpha value is -2.23. The molecular weight excluding hydrogens is 505 g/mol. The highest BCUT2D eigenvalue weighted by Crippen LogP contribution is 2.18. The molecule has 1 fully saturated rings. The molecule has 8 heteroatoms. The number of benzene rings is 1. The summed E-state index contributed by atoms with van der Waals surface area (Å²) in [6.07, 6.45) is 7.04. The Morgan fingerprint density at radius 2 is 1.74 bits per heavy atom. The summed E-state index contributed by atoms with van der Waals surface area (Å²) in [5, 5.41) is 6.64. The van der Waals surface area contributed by atoms with Crippen LogP contribution >= 0.6 is 24.0 Å². The molecule has 0 amide bonds. The van der Waals surface area contributed by atoms with Gasteiger partial charge >= 0.3 is 0 Å². The second-order valence-electron chi connectivity index (χ2n) is 7.30. The van der Waals surface area contributed by atoms with Gasteiger partial charge in [0.2, 0.25) is 0 Å². The molecule has 0 saturated carbocycles. The van der Waals surface area contributed by atoms with E-state index in [9.17, 15) is 0 Å². The summed E-state index contributed by atoms with van der Waals surface area (Å²) >= 11 is 0. The van der Waals surface area contributed by atoms with Crippen LogP contribution in [0.4, 0.5) is 5.82 Å². The van der Waals surface area contributed by atoms with Crippen LogP contribution in [-0.4, -0.2) is 51.3 Å². The van der Waals surface area contributed by atoms with Gasteiger partial charge in [0.25, 0.3) is 0 Å². The fourth-order valence-electron chi connectivity index (χ4n) is 3.46. The molecule has 0 spiro atoms. The van der Waals surface area contributed by atoms with Crippen LogP contribution in [0.3, 0.4) is 0 Å². The molecule has 2 N–H and O–H groups in total. The second kappa shape index (κ2) is 14.0. The van der Waals surface area contributed by atoms with Crippen molar-refractivity contribution < 1.29 is 9.47 Å². The van der Waals surface area contributed by atoms with E-state index in [1.54, 1.807) is 14.2 Å². The van der Waals surface area contributed by atoms with E-state index < -0.39 is 0 Å². The fraction of sp³-hybridized carbons (Fsp3) is 0.478. The third kappa shape index (κ3) is 8.43. The first-order valence-electron chi connectivity index (χ1n) is 10.7. The van der Waals surface area contributed by atoms with Gasteiger partial charge in [0.05, 0.1) is 13.7 Å². The minimum Gasteiger partial charge on any atom is -0.497 e. The van der Waals surface area contributed by atoms with Crippen molar-refractivity contribution in [2.45, 2.75) is 32.2 Å². The number of hydrogen-bond acceptors (Lipinski definition) is 5. The normalized spacial score (nSPS) is 14.3. The summed E-state index contributed by atoms with van der Waals surface area (Å²) in [6.45, 7) is 4.09. The molecule has 3 rings (SSSR count). The maximum absolute atomic E-state index is 5.74. The average molecular weight is 539 g/mol. The van der Waals surface area contributed by atoms with Crippen LogP contribution < -0.4 is 25.0 Å². The van der Waals surface area contributed by atoms with E-state index in [0.29, 0.717) is 19.7 Å². The van der Waals surface area contributed by atoms with Crippen molar-refractivity contribution in [3.05, 3.63) is 48.2 Å². The minimum absolute atomic E-state index is 0. The number of pyridine rings is 1. The monoisotopic (exact) mass is 539 g/mol. The van der Waals surface area contributed by atoms with Crippen LogP contribution in [0.25, 0.3) is 0 Å². The van der Waals surface area contributed by atoms with Crippen LogP contribution in [0.2, 0.25) is 0 Å². The average Bonchev–Trinajstić information content (AvgIpc) is 3.09. The van der Waals surface area contributed by atoms with E-state index in [2.05, 4.69) is 31.6 Å². The van der Waals surface area contributed by atoms with Gasteiger partial charge in [-0.3, -0.25) is 4.99 Å². The molecule has 1 aromatic carbocycles. The lowest BCUT2D eigenvalue weighted by Crippen LogP contribution is -2.38. The van der Waals surface area contributed by atoms with E-state index in [-0.39, 0.29) is 24.0 Å². The molecule has 0 unspecified atom stereocenters. The highest BCUT2D eigenvalue weighted by atomic mass is 127. The molecule has 0 aliphatic carbocycles. The van der Waals surface area contributed by atoms with Crippen molar-refractivity contribution in [2.24, 2.45) is 4.99 Å². The van der Waals surface area contributed by atoms with E-state index >= 15 is 0 Å². The molecule has 1 aliphatic heterocycles. The molecule has 1 aliphatic rings. The second-order valence-corrected chi connectivity index (χ2v) is 7.30. The number of guanidine groups is 1. The van der Waals surface area contributed by atoms with Crippen LogP contribution in [0, 0.1) is 0 Å². The summed E-state index contributed by atoms with van der Waals surface area (Å²) in [5.74, 6) is 3.46. The van der Waals surface area contributed by atoms with Crippen LogP contribution in [-0.2, 0) is 6.54 Å². The topological polar surface area (TPSA) is 71.0 Å². The van der Waals surface area contributed by atoms with Gasteiger partial charge in [0, 0.05) is 32.9 Å². The van der Waals surface area contributed by atoms with Gasteiger partial charge in [-0.1, -0.05) is 12.8 Å². The van der Waals surface area contributed by atoms with Gasteiger partial charge in [-0.25, -0.2) is 4.98 Å². The van der Waals surface area contributed by atoms with E-state index in [1.807, 2.05) is 36.5 Å². The third-order valence-electron chi connectivity index (χ3n) is 5.15. The number of aliphatic imine (C=N–C) groups is 1. The number of nitrogens with zero attached hydrogens (tertiary/aromatic N) is 3. The van der Waals surface area contributed by atoms with Crippen molar-refractivity contribution in [1.82, 2.24) is 15.6 Å². The molecule has 2 heterocycles. The molecule has 0 bridgehead atoms. The Balaban J connectivity index is 0.00000341. The lowest BCUT2D eigenvalue weighted by atomic mass is 10.2. The predicted octanol–water partition coefficient (Wildman–Crippen LogP) is 3.83. The van der Waals surface area contributed by atoms with Gasteiger partial charge in [-0.15, -0.1) is 24.0 Å². The van der Waals surface area contributed by atoms with Crippen molar-refractivity contribution in [3.63, 3.8) is 0 Å². The summed E-state index contributed by atoms with van der Waals surface area (Å²) in [5.41, 5.74) is 1.20. The van der Waals surface area contributed by atoms with Gasteiger partial charge in [-0.2, -0.15) is 0 Å². The Bertz CT molecular complexity index is 793. The number of ether oxygens (including phenoxy) is 2. The molecular formula is C23H34IN5O2. The Morgan fingerprint density at radius 1 is 1.03 bits per heavy atom. The summed E-state index contributed by atoms with van der Waals surface area (Å²) < 4.78 is 10.9. The van der Waals surface area contributed by atoms with Crippen molar-refractivity contribution >= 4 is 35.8 Å². The number of anilines is 1. The lowest BCUT2D eigenvalue weighted by Gasteiger charge is -2.22. The number of methoxy groups -OCH3 is 1. The molecule has 170 valence electrons. The van der Waals surface area contributed by atoms with E-state index in [4.69, 9.17) is 9.47 Å². The Labute approximate surface area is 202 Å². The maximum Gasteiger partial charge on any atom is 0.191 e. The fourth-order valence-corrected chi connectivity index (χ4v) is 3.46. The van der Waals surface area contributed by atoms with Crippen LogP contribution in [0.15, 0.2) is 47.6 Å². The first-order chi connectivity index (χ1) is 14.8. The summed E-state index contributed by atoms with van der Waals surface area (Å²) in [7, 11) is 3.43. The SMILES string of the molecule is CN=C(NCCOc1ccc(OC)cc1)NCc1ccnc(N2CCCCCC2)c1.I. The van der Waals surface area contributed by atoms with Crippen molar-refractivity contribution in [2.75, 3.05) is 45.3 Å². The first kappa shape index (κ1) is 25.0. The predicted molar refractivity (Wildman–Crippen MR) is 137 cm³/mol. The molecule has 31 heavy (non-hydrogen) atoms. The minimum atomic E-state index is 0. The number of aromatic nitrogens is 1. The maximum atomic E-state index is 5.74. The number of hydrogen-bond donors (Lipinski definition) is 2. The smallest absolute Gasteiger partial charge is 0.191 e. The molecule has 1 aromatic heterocycles. The van der Waals surface area contributed by atoms with Crippen LogP contribution in [0.5, 0.6) is 11.5 Å². The number of nitrogens with one attached hydrogen (secondary N) is 2. The van der Waals surface area contributed by atoms with Crippen molar-refractivity contribution in [1.29, 1.82) is 0 Å². The van der Waals surface area contributed by atoms with E-state index in [1.165, 1.54) is 31.2 Å². The standard InChI is InChI=1S/C23H33N5O2.HI/c1-24-23(26-13-16-30-21-9-7-20(29-2)8-10-21)27-18-19-11-12-25-22(17-19)28-14-5-3-4-6-15-28;/h7-12,17H,3-6,13-16,18H2,1-2H3,(H2,24,26,27);1H. The lowest BCUT2D eigenvalue weighted by molar-refractivity contribution is 0.321. The van der Waals surface area contributed by atoms with E-state index in [0.717, 1.165) is 36.4 Å². The molecule has 7 nitrogen and oxygen atoms in total. The largest absolute Gasteiger partial charge is 0.497 e. The highest BCUT2D eigenvalue weighted by Gasteiger charge is 2.11. The zero-order valence-corrected chi connectivity index (χ0v) is 20.8.